The third kappa shape index (κ3) is 3.87. The molecule has 1 aromatic heterocycles. The largest absolute Gasteiger partial charge is 0.479 e. The molecule has 1 atom stereocenters. The molecular formula is C16H15F3O5. The predicted octanol–water partition coefficient (Wildman–Crippen LogP) is 3.53. The Balaban J connectivity index is 2.41. The van der Waals surface area contributed by atoms with Gasteiger partial charge in [0, 0.05) is 17.5 Å². The molecule has 2 rings (SSSR count). The highest BCUT2D eigenvalue weighted by molar-refractivity contribution is 5.82. The smallest absolute Gasteiger partial charge is 0.417 e. The number of carbonyl (C=O) groups is 1. The first-order valence-electron chi connectivity index (χ1n) is 7.24. The highest BCUT2D eigenvalue weighted by atomic mass is 19.4. The van der Waals surface area contributed by atoms with E-state index in [0.29, 0.717) is 12.5 Å². The van der Waals surface area contributed by atoms with E-state index in [4.69, 9.17) is 13.9 Å². The highest BCUT2D eigenvalue weighted by Crippen LogP contribution is 2.35. The van der Waals surface area contributed by atoms with Gasteiger partial charge in [-0.3, -0.25) is 0 Å². The van der Waals surface area contributed by atoms with Crippen LogP contribution in [0.25, 0.3) is 11.0 Å². The van der Waals surface area contributed by atoms with Gasteiger partial charge in [-0.15, -0.1) is 0 Å². The van der Waals surface area contributed by atoms with Crippen LogP contribution in [0.15, 0.2) is 33.5 Å². The maximum atomic E-state index is 13.0. The van der Waals surface area contributed by atoms with Crippen LogP contribution in [-0.4, -0.2) is 18.7 Å². The van der Waals surface area contributed by atoms with Crippen LogP contribution < -0.4 is 10.4 Å². The Kier molecular flexibility index (Phi) is 5.16. The van der Waals surface area contributed by atoms with Gasteiger partial charge in [0.25, 0.3) is 0 Å². The average molecular weight is 344 g/mol. The molecule has 0 aliphatic rings. The fraction of sp³-hybridized carbons (Fsp3) is 0.375. The molecule has 2 aromatic rings. The molecule has 0 aliphatic carbocycles. The lowest BCUT2D eigenvalue weighted by atomic mass is 10.1. The lowest BCUT2D eigenvalue weighted by Gasteiger charge is -2.16. The van der Waals surface area contributed by atoms with Crippen molar-refractivity contribution in [1.82, 2.24) is 0 Å². The standard InChI is InChI=1S/C16H15F3O5/c1-3-12(15(21)22-4-2)23-9-5-6-10-11(16(17,18)19)8-14(20)24-13(10)7-9/h5-8,12H,3-4H2,1-2H3/t12-/m0/s1. The minimum Gasteiger partial charge on any atom is -0.479 e. The van der Waals surface area contributed by atoms with Crippen LogP contribution >= 0.6 is 0 Å². The van der Waals surface area contributed by atoms with Crippen molar-refractivity contribution in [2.75, 3.05) is 6.61 Å². The van der Waals surface area contributed by atoms with Gasteiger partial charge in [-0.1, -0.05) is 6.92 Å². The molecule has 130 valence electrons. The van der Waals surface area contributed by atoms with Gasteiger partial charge in [0.15, 0.2) is 6.10 Å². The molecule has 0 saturated heterocycles. The van der Waals surface area contributed by atoms with Crippen molar-refractivity contribution < 1.29 is 31.9 Å². The first-order chi connectivity index (χ1) is 11.3. The lowest BCUT2D eigenvalue weighted by molar-refractivity contribution is -0.151. The van der Waals surface area contributed by atoms with Crippen molar-refractivity contribution in [2.45, 2.75) is 32.5 Å². The summed E-state index contributed by atoms with van der Waals surface area (Å²) in [5.41, 5.74) is -2.48. The number of hydrogen-bond acceptors (Lipinski definition) is 5. The van der Waals surface area contributed by atoms with E-state index in [2.05, 4.69) is 0 Å². The Morgan fingerprint density at radius 1 is 1.25 bits per heavy atom. The summed E-state index contributed by atoms with van der Waals surface area (Å²) in [6, 6.07) is 3.96. The Bertz CT molecular complexity index is 794. The Morgan fingerprint density at radius 3 is 2.54 bits per heavy atom. The van der Waals surface area contributed by atoms with Crippen molar-refractivity contribution in [3.8, 4) is 5.75 Å². The van der Waals surface area contributed by atoms with E-state index in [9.17, 15) is 22.8 Å². The summed E-state index contributed by atoms with van der Waals surface area (Å²) in [7, 11) is 0. The van der Waals surface area contributed by atoms with Gasteiger partial charge in [-0.2, -0.15) is 13.2 Å². The molecule has 0 radical (unpaired) electrons. The third-order valence-corrected chi connectivity index (χ3v) is 3.22. The molecule has 5 nitrogen and oxygen atoms in total. The van der Waals surface area contributed by atoms with Gasteiger partial charge in [-0.05, 0) is 25.5 Å². The number of esters is 1. The van der Waals surface area contributed by atoms with E-state index >= 15 is 0 Å². The molecule has 1 heterocycles. The first kappa shape index (κ1) is 17.8. The molecular weight excluding hydrogens is 329 g/mol. The molecule has 24 heavy (non-hydrogen) atoms. The lowest BCUT2D eigenvalue weighted by Crippen LogP contribution is -2.28. The van der Waals surface area contributed by atoms with Crippen LogP contribution in [0.4, 0.5) is 13.2 Å². The van der Waals surface area contributed by atoms with Crippen molar-refractivity contribution in [1.29, 1.82) is 0 Å². The van der Waals surface area contributed by atoms with Crippen LogP contribution in [-0.2, 0) is 15.7 Å². The molecule has 0 saturated carbocycles. The second-order valence-corrected chi connectivity index (χ2v) is 4.90. The summed E-state index contributed by atoms with van der Waals surface area (Å²) >= 11 is 0. The van der Waals surface area contributed by atoms with E-state index in [-0.39, 0.29) is 23.3 Å². The van der Waals surface area contributed by atoms with E-state index < -0.39 is 29.4 Å². The van der Waals surface area contributed by atoms with Gasteiger partial charge in [0.05, 0.1) is 12.2 Å². The quantitative estimate of drug-likeness (QED) is 0.613. The molecule has 0 spiro atoms. The number of rotatable bonds is 5. The molecule has 0 amide bonds. The Labute approximate surface area is 135 Å². The minimum atomic E-state index is -4.69. The highest BCUT2D eigenvalue weighted by Gasteiger charge is 2.34. The monoisotopic (exact) mass is 344 g/mol. The predicted molar refractivity (Wildman–Crippen MR) is 78.8 cm³/mol. The number of ether oxygens (including phenoxy) is 2. The normalized spacial score (nSPS) is 12.9. The molecule has 0 aliphatic heterocycles. The Hall–Kier alpha value is -2.51. The summed E-state index contributed by atoms with van der Waals surface area (Å²) in [5.74, 6) is -0.476. The van der Waals surface area contributed by atoms with E-state index in [0.717, 1.165) is 12.1 Å². The zero-order valence-corrected chi connectivity index (χ0v) is 13.0. The summed E-state index contributed by atoms with van der Waals surface area (Å²) in [6.07, 6.45) is -5.28. The van der Waals surface area contributed by atoms with E-state index in [1.54, 1.807) is 13.8 Å². The fourth-order valence-corrected chi connectivity index (χ4v) is 2.15. The second-order valence-electron chi connectivity index (χ2n) is 4.90. The number of alkyl halides is 3. The van der Waals surface area contributed by atoms with Gasteiger partial charge in [-0.25, -0.2) is 9.59 Å². The maximum absolute atomic E-state index is 13.0. The molecule has 1 aromatic carbocycles. The zero-order valence-electron chi connectivity index (χ0n) is 13.0. The number of benzene rings is 1. The maximum Gasteiger partial charge on any atom is 0.417 e. The number of fused-ring (bicyclic) bond motifs is 1. The van der Waals surface area contributed by atoms with Gasteiger partial charge in [0.1, 0.15) is 11.3 Å². The van der Waals surface area contributed by atoms with Crippen LogP contribution in [0.1, 0.15) is 25.8 Å². The number of hydrogen-bond donors (Lipinski definition) is 0. The SMILES string of the molecule is CCOC(=O)[C@H](CC)Oc1ccc2c(C(F)(F)F)cc(=O)oc2c1. The summed E-state index contributed by atoms with van der Waals surface area (Å²) in [5, 5.41) is -0.265. The second kappa shape index (κ2) is 6.94. The van der Waals surface area contributed by atoms with Gasteiger partial charge < -0.3 is 13.9 Å². The van der Waals surface area contributed by atoms with E-state index in [1.165, 1.54) is 6.07 Å². The molecule has 0 unspecified atom stereocenters. The van der Waals surface area contributed by atoms with Crippen molar-refractivity contribution in [2.24, 2.45) is 0 Å². The summed E-state index contributed by atoms with van der Waals surface area (Å²) < 4.78 is 54.0. The molecule has 8 heteroatoms. The van der Waals surface area contributed by atoms with Crippen LogP contribution in [0.3, 0.4) is 0 Å². The average Bonchev–Trinajstić information content (AvgIpc) is 2.50. The molecule has 0 fully saturated rings. The first-order valence-corrected chi connectivity index (χ1v) is 7.24. The van der Waals surface area contributed by atoms with Gasteiger partial charge in [0.2, 0.25) is 0 Å². The van der Waals surface area contributed by atoms with Crippen molar-refractivity contribution in [3.63, 3.8) is 0 Å². The molecule has 0 N–H and O–H groups in total. The fourth-order valence-electron chi connectivity index (χ4n) is 2.15. The van der Waals surface area contributed by atoms with Crippen molar-refractivity contribution in [3.05, 3.63) is 40.2 Å². The Morgan fingerprint density at radius 2 is 1.96 bits per heavy atom. The van der Waals surface area contributed by atoms with Gasteiger partial charge >= 0.3 is 17.8 Å². The van der Waals surface area contributed by atoms with E-state index in [1.807, 2.05) is 0 Å². The van der Waals surface area contributed by atoms with Crippen LogP contribution in [0.5, 0.6) is 5.75 Å². The van der Waals surface area contributed by atoms with Crippen LogP contribution in [0.2, 0.25) is 0 Å². The number of carbonyl (C=O) groups excluding carboxylic acids is 1. The number of halogens is 3. The summed E-state index contributed by atoms with van der Waals surface area (Å²) in [4.78, 5) is 23.1. The minimum absolute atomic E-state index is 0.102. The zero-order chi connectivity index (χ0) is 17.9. The summed E-state index contributed by atoms with van der Waals surface area (Å²) in [6.45, 7) is 3.53. The van der Waals surface area contributed by atoms with Crippen LogP contribution in [0, 0.1) is 0 Å². The molecule has 0 bridgehead atoms. The van der Waals surface area contributed by atoms with Crippen molar-refractivity contribution >= 4 is 16.9 Å². The topological polar surface area (TPSA) is 65.7 Å². The third-order valence-electron chi connectivity index (χ3n) is 3.22.